The van der Waals surface area contributed by atoms with Crippen LogP contribution in [0.2, 0.25) is 0 Å². The van der Waals surface area contributed by atoms with E-state index in [2.05, 4.69) is 20.2 Å². The number of hydrogen-bond donors (Lipinski definition) is 1. The van der Waals surface area contributed by atoms with Gasteiger partial charge in [0.15, 0.2) is 0 Å². The monoisotopic (exact) mass is 296 g/mol. The van der Waals surface area contributed by atoms with Gasteiger partial charge in [-0.15, -0.1) is 0 Å². The first-order chi connectivity index (χ1) is 10.0. The van der Waals surface area contributed by atoms with E-state index in [9.17, 15) is 4.79 Å². The number of ether oxygens (including phenoxy) is 2. The minimum absolute atomic E-state index is 0.336. The minimum atomic E-state index is -0.395. The molecule has 0 unspecified atom stereocenters. The van der Waals surface area contributed by atoms with Gasteiger partial charge in [-0.1, -0.05) is 0 Å². The molecule has 118 valence electrons. The molecular weight excluding hydrogens is 272 g/mol. The second-order valence-electron chi connectivity index (χ2n) is 4.76. The van der Waals surface area contributed by atoms with Gasteiger partial charge >= 0.3 is 5.97 Å². The molecule has 1 aromatic rings. The van der Waals surface area contributed by atoms with Crippen molar-refractivity contribution in [1.29, 1.82) is 0 Å². The molecule has 0 aliphatic rings. The fraction of sp³-hybridized carbons (Fsp3) is 0.643. The lowest BCUT2D eigenvalue weighted by molar-refractivity contribution is 0.0524. The Bertz CT molecular complexity index is 452. The van der Waals surface area contributed by atoms with Gasteiger partial charge < -0.3 is 19.7 Å². The highest BCUT2D eigenvalue weighted by Gasteiger charge is 2.12. The van der Waals surface area contributed by atoms with Crippen LogP contribution in [-0.2, 0) is 9.47 Å². The molecule has 0 atom stereocenters. The third kappa shape index (κ3) is 6.50. The molecule has 0 bridgehead atoms. The SMILES string of the molecule is CCOC(=O)c1cnc(NCCOCCN(C)C)nc1C. The number of likely N-dealkylation sites (N-methyl/N-ethyl adjacent to an activating group) is 1. The average molecular weight is 296 g/mol. The van der Waals surface area contributed by atoms with Crippen molar-refractivity contribution in [3.63, 3.8) is 0 Å². The lowest BCUT2D eigenvalue weighted by Crippen LogP contribution is -2.20. The Labute approximate surface area is 125 Å². The lowest BCUT2D eigenvalue weighted by atomic mass is 10.2. The minimum Gasteiger partial charge on any atom is -0.462 e. The number of rotatable bonds is 9. The summed E-state index contributed by atoms with van der Waals surface area (Å²) in [4.78, 5) is 22.0. The molecule has 7 nitrogen and oxygen atoms in total. The molecule has 1 rings (SSSR count). The van der Waals surface area contributed by atoms with Gasteiger partial charge in [-0.2, -0.15) is 0 Å². The van der Waals surface area contributed by atoms with E-state index in [4.69, 9.17) is 9.47 Å². The maximum atomic E-state index is 11.6. The van der Waals surface area contributed by atoms with Gasteiger partial charge in [0, 0.05) is 19.3 Å². The Morgan fingerprint density at radius 2 is 2.14 bits per heavy atom. The fourth-order valence-corrected chi connectivity index (χ4v) is 1.55. The van der Waals surface area contributed by atoms with Crippen molar-refractivity contribution in [2.24, 2.45) is 0 Å². The van der Waals surface area contributed by atoms with Crippen LogP contribution >= 0.6 is 0 Å². The third-order valence-electron chi connectivity index (χ3n) is 2.69. The average Bonchev–Trinajstić information content (AvgIpc) is 2.42. The number of aromatic nitrogens is 2. The van der Waals surface area contributed by atoms with E-state index in [0.717, 1.165) is 6.54 Å². The summed E-state index contributed by atoms with van der Waals surface area (Å²) >= 11 is 0. The number of hydrogen-bond acceptors (Lipinski definition) is 7. The first kappa shape index (κ1) is 17.3. The number of carbonyl (C=O) groups is 1. The second kappa shape index (κ2) is 9.25. The Balaban J connectivity index is 2.37. The van der Waals surface area contributed by atoms with E-state index in [1.807, 2.05) is 14.1 Å². The molecule has 0 radical (unpaired) electrons. The molecule has 21 heavy (non-hydrogen) atoms. The third-order valence-corrected chi connectivity index (χ3v) is 2.69. The van der Waals surface area contributed by atoms with Crippen molar-refractivity contribution in [3.8, 4) is 0 Å². The molecule has 0 aliphatic carbocycles. The van der Waals surface area contributed by atoms with E-state index in [1.165, 1.54) is 6.20 Å². The molecule has 0 aliphatic heterocycles. The first-order valence-electron chi connectivity index (χ1n) is 7.01. The molecule has 0 saturated carbocycles. The molecule has 0 amide bonds. The highest BCUT2D eigenvalue weighted by atomic mass is 16.5. The number of nitrogens with one attached hydrogen (secondary N) is 1. The Kier molecular flexibility index (Phi) is 7.63. The van der Waals surface area contributed by atoms with Crippen molar-refractivity contribution >= 4 is 11.9 Å². The standard InChI is InChI=1S/C14H24N4O3/c1-5-21-13(19)12-10-16-14(17-11(12)2)15-6-8-20-9-7-18(3)4/h10H,5-9H2,1-4H3,(H,15,16,17). The van der Waals surface area contributed by atoms with E-state index in [0.29, 0.717) is 43.6 Å². The van der Waals surface area contributed by atoms with Crippen LogP contribution < -0.4 is 5.32 Å². The Morgan fingerprint density at radius 3 is 2.76 bits per heavy atom. The number of anilines is 1. The van der Waals surface area contributed by atoms with Gasteiger partial charge in [-0.3, -0.25) is 0 Å². The van der Waals surface area contributed by atoms with Crippen LogP contribution in [0.4, 0.5) is 5.95 Å². The Hall–Kier alpha value is -1.73. The van der Waals surface area contributed by atoms with Crippen molar-refractivity contribution in [1.82, 2.24) is 14.9 Å². The Morgan fingerprint density at radius 1 is 1.38 bits per heavy atom. The maximum absolute atomic E-state index is 11.6. The van der Waals surface area contributed by atoms with Gasteiger partial charge in [-0.05, 0) is 27.9 Å². The van der Waals surface area contributed by atoms with Crippen LogP contribution in [-0.4, -0.2) is 67.8 Å². The largest absolute Gasteiger partial charge is 0.462 e. The van der Waals surface area contributed by atoms with Gasteiger partial charge in [0.2, 0.25) is 5.95 Å². The maximum Gasteiger partial charge on any atom is 0.341 e. The predicted octanol–water partition coefficient (Wildman–Crippen LogP) is 0.952. The van der Waals surface area contributed by atoms with E-state index in [-0.39, 0.29) is 0 Å². The van der Waals surface area contributed by atoms with Gasteiger partial charge in [0.05, 0.1) is 31.1 Å². The van der Waals surface area contributed by atoms with Crippen molar-refractivity contribution in [2.75, 3.05) is 52.3 Å². The van der Waals surface area contributed by atoms with E-state index >= 15 is 0 Å². The lowest BCUT2D eigenvalue weighted by Gasteiger charge is -2.10. The number of carbonyl (C=O) groups excluding carboxylic acids is 1. The van der Waals surface area contributed by atoms with Crippen LogP contribution in [0.5, 0.6) is 0 Å². The van der Waals surface area contributed by atoms with Gasteiger partial charge in [0.1, 0.15) is 0 Å². The predicted molar refractivity (Wildman–Crippen MR) is 80.6 cm³/mol. The summed E-state index contributed by atoms with van der Waals surface area (Å²) in [5.74, 6) is 0.0883. The quantitative estimate of drug-likeness (QED) is 0.537. The zero-order valence-electron chi connectivity index (χ0n) is 13.2. The number of esters is 1. The molecule has 0 fully saturated rings. The van der Waals surface area contributed by atoms with Crippen LogP contribution in [0.3, 0.4) is 0 Å². The summed E-state index contributed by atoms with van der Waals surface area (Å²) in [7, 11) is 4.01. The second-order valence-corrected chi connectivity index (χ2v) is 4.76. The van der Waals surface area contributed by atoms with Crippen LogP contribution in [0.15, 0.2) is 6.20 Å². The molecular formula is C14H24N4O3. The normalized spacial score (nSPS) is 10.7. The summed E-state index contributed by atoms with van der Waals surface area (Å²) < 4.78 is 10.4. The molecule has 1 aromatic heterocycles. The molecule has 0 saturated heterocycles. The van der Waals surface area contributed by atoms with Gasteiger partial charge in [-0.25, -0.2) is 14.8 Å². The highest BCUT2D eigenvalue weighted by Crippen LogP contribution is 2.08. The summed E-state index contributed by atoms with van der Waals surface area (Å²) in [6, 6.07) is 0. The van der Waals surface area contributed by atoms with Crippen LogP contribution in [0, 0.1) is 6.92 Å². The summed E-state index contributed by atoms with van der Waals surface area (Å²) in [5.41, 5.74) is 0.990. The van der Waals surface area contributed by atoms with E-state index in [1.54, 1.807) is 13.8 Å². The van der Waals surface area contributed by atoms with Gasteiger partial charge in [0.25, 0.3) is 0 Å². The number of aryl methyl sites for hydroxylation is 1. The fourth-order valence-electron chi connectivity index (χ4n) is 1.55. The molecule has 1 N–H and O–H groups in total. The van der Waals surface area contributed by atoms with Crippen LogP contribution in [0.1, 0.15) is 23.0 Å². The number of nitrogens with zero attached hydrogens (tertiary/aromatic N) is 3. The van der Waals surface area contributed by atoms with Crippen LogP contribution in [0.25, 0.3) is 0 Å². The topological polar surface area (TPSA) is 76.6 Å². The summed E-state index contributed by atoms with van der Waals surface area (Å²) in [6.45, 7) is 6.64. The molecule has 1 heterocycles. The zero-order valence-corrected chi connectivity index (χ0v) is 13.2. The van der Waals surface area contributed by atoms with Crippen molar-refractivity contribution < 1.29 is 14.3 Å². The smallest absolute Gasteiger partial charge is 0.341 e. The molecule has 7 heteroatoms. The van der Waals surface area contributed by atoms with Crippen molar-refractivity contribution in [2.45, 2.75) is 13.8 Å². The first-order valence-corrected chi connectivity index (χ1v) is 7.01. The van der Waals surface area contributed by atoms with Crippen molar-refractivity contribution in [3.05, 3.63) is 17.5 Å². The zero-order chi connectivity index (χ0) is 15.7. The molecule has 0 spiro atoms. The summed E-state index contributed by atoms with van der Waals surface area (Å²) in [6.07, 6.45) is 1.48. The highest BCUT2D eigenvalue weighted by molar-refractivity contribution is 5.90. The van der Waals surface area contributed by atoms with E-state index < -0.39 is 5.97 Å². The summed E-state index contributed by atoms with van der Waals surface area (Å²) in [5, 5.41) is 3.06. The molecule has 0 aromatic carbocycles.